The Balaban J connectivity index is 2.34. The van der Waals surface area contributed by atoms with Gasteiger partial charge in [-0.05, 0) is 19.3 Å². The van der Waals surface area contributed by atoms with Gasteiger partial charge in [0.15, 0.2) is 0 Å². The Bertz CT molecular complexity index is 194. The molecule has 1 aliphatic carbocycles. The zero-order valence-electron chi connectivity index (χ0n) is 9.71. The van der Waals surface area contributed by atoms with Crippen LogP contribution in [0.15, 0.2) is 0 Å². The highest BCUT2D eigenvalue weighted by atomic mass is 16.5. The van der Waals surface area contributed by atoms with E-state index >= 15 is 0 Å². The average Bonchev–Trinajstić information content (AvgIpc) is 2.43. The number of hydrogen-bond acceptors (Lipinski definition) is 3. The van der Waals surface area contributed by atoms with Crippen LogP contribution in [0.2, 0.25) is 0 Å². The molecule has 0 radical (unpaired) electrons. The van der Waals surface area contributed by atoms with E-state index in [4.69, 9.17) is 10.5 Å². The molecule has 0 aliphatic heterocycles. The Hall–Kier alpha value is -0.570. The molecule has 1 aliphatic rings. The Morgan fingerprint density at radius 3 is 2.80 bits per heavy atom. The van der Waals surface area contributed by atoms with Gasteiger partial charge in [-0.25, -0.2) is 0 Å². The van der Waals surface area contributed by atoms with Crippen molar-refractivity contribution in [2.75, 3.05) is 6.61 Å². The fourth-order valence-electron chi connectivity index (χ4n) is 2.05. The molecule has 15 heavy (non-hydrogen) atoms. The van der Waals surface area contributed by atoms with Gasteiger partial charge < -0.3 is 10.5 Å². The van der Waals surface area contributed by atoms with Crippen molar-refractivity contribution in [2.45, 2.75) is 57.9 Å². The van der Waals surface area contributed by atoms with E-state index in [1.165, 1.54) is 6.42 Å². The van der Waals surface area contributed by atoms with Gasteiger partial charge in [-0.2, -0.15) is 0 Å². The van der Waals surface area contributed by atoms with Crippen molar-refractivity contribution in [1.29, 1.82) is 0 Å². The molecule has 2 N–H and O–H groups in total. The van der Waals surface area contributed by atoms with Crippen LogP contribution in [0.25, 0.3) is 0 Å². The zero-order valence-corrected chi connectivity index (χ0v) is 9.71. The maximum Gasteiger partial charge on any atom is 0.310 e. The molecule has 0 aromatic carbocycles. The number of unbranched alkanes of at least 4 members (excludes halogenated alkanes) is 1. The van der Waals surface area contributed by atoms with E-state index in [0.29, 0.717) is 6.61 Å². The molecule has 1 saturated carbocycles. The summed E-state index contributed by atoms with van der Waals surface area (Å²) in [6, 6.07) is 0.0154. The minimum Gasteiger partial charge on any atom is -0.465 e. The second-order valence-corrected chi connectivity index (χ2v) is 4.43. The van der Waals surface area contributed by atoms with Crippen molar-refractivity contribution >= 4 is 5.97 Å². The lowest BCUT2D eigenvalue weighted by atomic mass is 9.96. The van der Waals surface area contributed by atoms with Gasteiger partial charge in [-0.1, -0.05) is 32.6 Å². The van der Waals surface area contributed by atoms with Gasteiger partial charge in [0.2, 0.25) is 0 Å². The second-order valence-electron chi connectivity index (χ2n) is 4.43. The lowest BCUT2D eigenvalue weighted by Crippen LogP contribution is -2.35. The molecule has 3 heteroatoms. The Morgan fingerprint density at radius 2 is 2.07 bits per heavy atom. The van der Waals surface area contributed by atoms with Crippen LogP contribution in [0.5, 0.6) is 0 Å². The predicted octanol–water partition coefficient (Wildman–Crippen LogP) is 2.24. The molecule has 0 heterocycles. The van der Waals surface area contributed by atoms with Crippen molar-refractivity contribution in [2.24, 2.45) is 11.7 Å². The van der Waals surface area contributed by atoms with Gasteiger partial charge in [-0.3, -0.25) is 4.79 Å². The standard InChI is InChI=1S/C12H23NO2/c1-2-3-9-15-12(14)10-7-5-4-6-8-11(10)13/h10-11H,2-9,13H2,1H3. The highest BCUT2D eigenvalue weighted by molar-refractivity contribution is 5.73. The van der Waals surface area contributed by atoms with Gasteiger partial charge in [0.1, 0.15) is 0 Å². The minimum absolute atomic E-state index is 0.0154. The third kappa shape index (κ3) is 4.20. The van der Waals surface area contributed by atoms with Crippen molar-refractivity contribution in [3.63, 3.8) is 0 Å². The molecule has 0 bridgehead atoms. The summed E-state index contributed by atoms with van der Waals surface area (Å²) in [5.41, 5.74) is 5.98. The largest absolute Gasteiger partial charge is 0.465 e. The van der Waals surface area contributed by atoms with Gasteiger partial charge >= 0.3 is 5.97 Å². The van der Waals surface area contributed by atoms with Crippen molar-refractivity contribution < 1.29 is 9.53 Å². The number of rotatable bonds is 4. The highest BCUT2D eigenvalue weighted by Crippen LogP contribution is 2.23. The Kier molecular flexibility index (Phi) is 5.69. The molecule has 88 valence electrons. The van der Waals surface area contributed by atoms with Crippen LogP contribution in [0, 0.1) is 5.92 Å². The first-order chi connectivity index (χ1) is 7.25. The molecular weight excluding hydrogens is 190 g/mol. The number of carbonyl (C=O) groups excluding carboxylic acids is 1. The number of carbonyl (C=O) groups is 1. The first-order valence-corrected chi connectivity index (χ1v) is 6.18. The van der Waals surface area contributed by atoms with Crippen LogP contribution >= 0.6 is 0 Å². The fourth-order valence-corrected chi connectivity index (χ4v) is 2.05. The van der Waals surface area contributed by atoms with Crippen molar-refractivity contribution in [3.8, 4) is 0 Å². The summed E-state index contributed by atoms with van der Waals surface area (Å²) in [5, 5.41) is 0. The SMILES string of the molecule is CCCCOC(=O)C1CCCCCC1N. The monoisotopic (exact) mass is 213 g/mol. The molecule has 1 fully saturated rings. The lowest BCUT2D eigenvalue weighted by molar-refractivity contribution is -0.149. The second kappa shape index (κ2) is 6.83. The molecule has 0 spiro atoms. The summed E-state index contributed by atoms with van der Waals surface area (Å²) in [4.78, 5) is 11.7. The molecule has 0 aromatic rings. The average molecular weight is 213 g/mol. The number of esters is 1. The van der Waals surface area contributed by atoms with Gasteiger partial charge in [0.05, 0.1) is 12.5 Å². The van der Waals surface area contributed by atoms with E-state index < -0.39 is 0 Å². The van der Waals surface area contributed by atoms with Crippen LogP contribution < -0.4 is 5.73 Å². The van der Waals surface area contributed by atoms with Crippen LogP contribution in [-0.4, -0.2) is 18.6 Å². The Morgan fingerprint density at radius 1 is 1.33 bits per heavy atom. The van der Waals surface area contributed by atoms with E-state index in [2.05, 4.69) is 6.92 Å². The van der Waals surface area contributed by atoms with Crippen LogP contribution in [0.4, 0.5) is 0 Å². The third-order valence-corrected chi connectivity index (χ3v) is 3.11. The van der Waals surface area contributed by atoms with Crippen molar-refractivity contribution in [3.05, 3.63) is 0 Å². The minimum atomic E-state index is -0.0714. The van der Waals surface area contributed by atoms with Gasteiger partial charge in [0.25, 0.3) is 0 Å². The number of hydrogen-bond donors (Lipinski definition) is 1. The zero-order chi connectivity index (χ0) is 11.1. The Labute approximate surface area is 92.4 Å². The molecule has 3 nitrogen and oxygen atoms in total. The summed E-state index contributed by atoms with van der Waals surface area (Å²) in [6.45, 7) is 2.64. The summed E-state index contributed by atoms with van der Waals surface area (Å²) in [6.07, 6.45) is 7.35. The fraction of sp³-hybridized carbons (Fsp3) is 0.917. The van der Waals surface area contributed by atoms with Crippen LogP contribution in [-0.2, 0) is 9.53 Å². The first kappa shape index (κ1) is 12.5. The molecule has 0 amide bonds. The molecule has 0 aromatic heterocycles. The molecule has 0 saturated heterocycles. The van der Waals surface area contributed by atoms with E-state index in [0.717, 1.165) is 38.5 Å². The van der Waals surface area contributed by atoms with E-state index in [-0.39, 0.29) is 17.9 Å². The van der Waals surface area contributed by atoms with Gasteiger partial charge in [0, 0.05) is 6.04 Å². The summed E-state index contributed by atoms with van der Waals surface area (Å²) < 4.78 is 5.23. The topological polar surface area (TPSA) is 52.3 Å². The van der Waals surface area contributed by atoms with Crippen LogP contribution in [0.1, 0.15) is 51.9 Å². The van der Waals surface area contributed by atoms with Gasteiger partial charge in [-0.15, -0.1) is 0 Å². The maximum atomic E-state index is 11.7. The van der Waals surface area contributed by atoms with E-state index in [1.54, 1.807) is 0 Å². The molecular formula is C12H23NO2. The molecule has 2 unspecified atom stereocenters. The number of nitrogens with two attached hydrogens (primary N) is 1. The van der Waals surface area contributed by atoms with Crippen LogP contribution in [0.3, 0.4) is 0 Å². The quantitative estimate of drug-likeness (QED) is 0.442. The lowest BCUT2D eigenvalue weighted by Gasteiger charge is -2.19. The third-order valence-electron chi connectivity index (χ3n) is 3.11. The summed E-state index contributed by atoms with van der Waals surface area (Å²) in [5.74, 6) is -0.123. The normalized spacial score (nSPS) is 27.1. The van der Waals surface area contributed by atoms with Crippen molar-refractivity contribution in [1.82, 2.24) is 0 Å². The van der Waals surface area contributed by atoms with E-state index in [9.17, 15) is 4.79 Å². The molecule has 1 rings (SSSR count). The summed E-state index contributed by atoms with van der Waals surface area (Å²) in [7, 11) is 0. The maximum absolute atomic E-state index is 11.7. The van der Waals surface area contributed by atoms with E-state index in [1.807, 2.05) is 0 Å². The first-order valence-electron chi connectivity index (χ1n) is 6.18. The smallest absolute Gasteiger partial charge is 0.310 e. The number of ether oxygens (including phenoxy) is 1. The molecule has 2 atom stereocenters. The highest BCUT2D eigenvalue weighted by Gasteiger charge is 2.27. The summed E-state index contributed by atoms with van der Waals surface area (Å²) >= 11 is 0. The predicted molar refractivity (Wildman–Crippen MR) is 60.4 cm³/mol.